The number of nitrogens with two attached hydrogens (primary N) is 1. The number of anilines is 3. The van der Waals surface area contributed by atoms with Crippen LogP contribution in [0.2, 0.25) is 0 Å². The summed E-state index contributed by atoms with van der Waals surface area (Å²) in [5.41, 5.74) is 19.9. The van der Waals surface area contributed by atoms with E-state index in [2.05, 4.69) is 143 Å². The van der Waals surface area contributed by atoms with Crippen LogP contribution >= 0.6 is 0 Å². The van der Waals surface area contributed by atoms with E-state index in [4.69, 9.17) is 5.73 Å². The van der Waals surface area contributed by atoms with Gasteiger partial charge in [-0.05, 0) is 76.7 Å². The molecule has 1 unspecified atom stereocenters. The van der Waals surface area contributed by atoms with Crippen molar-refractivity contribution in [1.29, 1.82) is 0 Å². The van der Waals surface area contributed by atoms with Gasteiger partial charge in [-0.3, -0.25) is 0 Å². The summed E-state index contributed by atoms with van der Waals surface area (Å²) in [4.78, 5) is 2.36. The van der Waals surface area contributed by atoms with E-state index in [1.165, 1.54) is 55.8 Å². The number of nitrogen functional groups attached to an aromatic ring is 1. The average molecular weight is 559 g/mol. The van der Waals surface area contributed by atoms with E-state index in [0.717, 1.165) is 24.3 Å². The Morgan fingerprint density at radius 3 is 2.30 bits per heavy atom. The number of likely N-dealkylation sites (N-methyl/N-ethyl adjacent to an activating group) is 1. The molecule has 210 valence electrons. The van der Waals surface area contributed by atoms with Crippen LogP contribution in [-0.2, 0) is 6.42 Å². The molecule has 1 aromatic heterocycles. The predicted molar refractivity (Wildman–Crippen MR) is 181 cm³/mol. The molecule has 0 saturated heterocycles. The van der Waals surface area contributed by atoms with Crippen molar-refractivity contribution in [2.75, 3.05) is 29.5 Å². The van der Waals surface area contributed by atoms with Gasteiger partial charge in [-0.15, -0.1) is 0 Å². The molecule has 0 spiro atoms. The highest BCUT2D eigenvalue weighted by atomic mass is 15.2. The zero-order valence-electron chi connectivity index (χ0n) is 24.2. The molecule has 2 bridgehead atoms. The monoisotopic (exact) mass is 558 g/mol. The van der Waals surface area contributed by atoms with Crippen molar-refractivity contribution in [2.24, 2.45) is 0 Å². The average Bonchev–Trinajstić information content (AvgIpc) is 3.39. The minimum absolute atomic E-state index is 0.0555. The number of hydrogen-bond donors (Lipinski definition) is 2. The van der Waals surface area contributed by atoms with Gasteiger partial charge in [0.15, 0.2) is 0 Å². The summed E-state index contributed by atoms with van der Waals surface area (Å²) in [6, 6.07) is 45.6. The molecule has 3 N–H and O–H groups in total. The first-order valence-corrected chi connectivity index (χ1v) is 15.1. The fraction of sp³-hybridized carbons (Fsp3) is 0.128. The van der Waals surface area contributed by atoms with E-state index < -0.39 is 0 Å². The first-order valence-electron chi connectivity index (χ1n) is 15.1. The van der Waals surface area contributed by atoms with Crippen molar-refractivity contribution in [3.63, 3.8) is 0 Å². The summed E-state index contributed by atoms with van der Waals surface area (Å²) in [5.74, 6) is 0.255. The SMILES string of the molecule is CN(c1ccccc1N)C1CNc2ccccc2[C@@H]2C=C1c1c(c3cc(-c4ccccc4)ccc3n1-c1ccccc1)C2. The molecule has 2 heterocycles. The number of aromatic nitrogens is 1. The van der Waals surface area contributed by atoms with Crippen LogP contribution in [0.5, 0.6) is 0 Å². The lowest BCUT2D eigenvalue weighted by atomic mass is 9.79. The fourth-order valence-corrected chi connectivity index (χ4v) is 7.18. The molecule has 0 saturated carbocycles. The van der Waals surface area contributed by atoms with Gasteiger partial charge in [0.2, 0.25) is 0 Å². The number of hydrogen-bond acceptors (Lipinski definition) is 3. The van der Waals surface area contributed by atoms with Gasteiger partial charge in [0.05, 0.1) is 28.6 Å². The molecule has 8 rings (SSSR count). The van der Waals surface area contributed by atoms with Crippen LogP contribution in [0.3, 0.4) is 0 Å². The Hall–Kier alpha value is -5.22. The lowest BCUT2D eigenvalue weighted by Crippen LogP contribution is -2.41. The summed E-state index contributed by atoms with van der Waals surface area (Å²) >= 11 is 0. The molecule has 0 fully saturated rings. The zero-order valence-corrected chi connectivity index (χ0v) is 24.2. The number of allylic oxidation sites excluding steroid dienone is 1. The van der Waals surface area contributed by atoms with Crippen LogP contribution in [0.15, 0.2) is 133 Å². The van der Waals surface area contributed by atoms with Crippen molar-refractivity contribution in [1.82, 2.24) is 4.57 Å². The molecule has 2 atom stereocenters. The van der Waals surface area contributed by atoms with Crippen LogP contribution in [-0.4, -0.2) is 24.2 Å². The Kier molecular flexibility index (Phi) is 6.07. The van der Waals surface area contributed by atoms with Crippen LogP contribution in [0.25, 0.3) is 33.3 Å². The van der Waals surface area contributed by atoms with Gasteiger partial charge in [0.25, 0.3) is 0 Å². The third-order valence-electron chi connectivity index (χ3n) is 9.26. The van der Waals surface area contributed by atoms with E-state index in [1.54, 1.807) is 0 Å². The van der Waals surface area contributed by atoms with Crippen molar-refractivity contribution in [2.45, 2.75) is 18.4 Å². The predicted octanol–water partition coefficient (Wildman–Crippen LogP) is 8.53. The van der Waals surface area contributed by atoms with E-state index in [-0.39, 0.29) is 12.0 Å². The fourth-order valence-electron chi connectivity index (χ4n) is 7.18. The smallest absolute Gasteiger partial charge is 0.0730 e. The normalized spacial score (nSPS) is 17.2. The molecule has 43 heavy (non-hydrogen) atoms. The molecule has 5 aromatic carbocycles. The van der Waals surface area contributed by atoms with Crippen LogP contribution < -0.4 is 16.0 Å². The Morgan fingerprint density at radius 1 is 0.767 bits per heavy atom. The highest BCUT2D eigenvalue weighted by Gasteiger charge is 2.36. The molecule has 6 aromatic rings. The van der Waals surface area contributed by atoms with Gasteiger partial charge in [0, 0.05) is 36.3 Å². The maximum Gasteiger partial charge on any atom is 0.0730 e. The maximum atomic E-state index is 6.56. The van der Waals surface area contributed by atoms with Gasteiger partial charge >= 0.3 is 0 Å². The number of nitrogens with one attached hydrogen (secondary N) is 1. The minimum atomic E-state index is 0.0555. The molecule has 2 aliphatic rings. The zero-order chi connectivity index (χ0) is 28.9. The van der Waals surface area contributed by atoms with Crippen molar-refractivity contribution < 1.29 is 0 Å². The maximum absolute atomic E-state index is 6.56. The lowest BCUT2D eigenvalue weighted by molar-refractivity contribution is 0.738. The van der Waals surface area contributed by atoms with Crippen molar-refractivity contribution in [3.8, 4) is 16.8 Å². The Bertz CT molecular complexity index is 1990. The highest BCUT2D eigenvalue weighted by molar-refractivity contribution is 5.97. The van der Waals surface area contributed by atoms with Crippen LogP contribution in [0.4, 0.5) is 17.1 Å². The second kappa shape index (κ2) is 10.2. The van der Waals surface area contributed by atoms with Crippen molar-refractivity contribution >= 4 is 33.5 Å². The summed E-state index contributed by atoms with van der Waals surface area (Å²) < 4.78 is 2.49. The molecule has 1 aliphatic heterocycles. The first-order chi connectivity index (χ1) is 21.2. The van der Waals surface area contributed by atoms with Gasteiger partial charge < -0.3 is 20.5 Å². The Balaban J connectivity index is 1.41. The summed E-state index contributed by atoms with van der Waals surface area (Å²) in [6.07, 6.45) is 3.48. The first kappa shape index (κ1) is 25.5. The van der Waals surface area contributed by atoms with E-state index in [9.17, 15) is 0 Å². The molecule has 1 aliphatic carbocycles. The number of para-hydroxylation sites is 4. The van der Waals surface area contributed by atoms with Gasteiger partial charge in [0.1, 0.15) is 0 Å². The second-order valence-electron chi connectivity index (χ2n) is 11.7. The number of rotatable bonds is 4. The minimum Gasteiger partial charge on any atom is -0.397 e. The van der Waals surface area contributed by atoms with Gasteiger partial charge in [-0.25, -0.2) is 0 Å². The van der Waals surface area contributed by atoms with E-state index in [1.807, 2.05) is 12.1 Å². The number of fused-ring (bicyclic) bond motifs is 7. The third kappa shape index (κ3) is 4.21. The highest BCUT2D eigenvalue weighted by Crippen LogP contribution is 2.47. The Labute approximate surface area is 252 Å². The van der Waals surface area contributed by atoms with E-state index >= 15 is 0 Å². The summed E-state index contributed by atoms with van der Waals surface area (Å²) in [6.45, 7) is 0.755. The number of benzene rings is 5. The van der Waals surface area contributed by atoms with Crippen molar-refractivity contribution in [3.05, 3.63) is 150 Å². The second-order valence-corrected chi connectivity index (χ2v) is 11.7. The molecule has 4 heteroatoms. The quantitative estimate of drug-likeness (QED) is 0.213. The van der Waals surface area contributed by atoms with Crippen LogP contribution in [0.1, 0.15) is 22.7 Å². The molecule has 0 amide bonds. The Morgan fingerprint density at radius 2 is 1.49 bits per heavy atom. The standard InChI is InChI=1S/C39H34N4/c1-42(37-19-11-9-17-34(37)40)38-25-41-35-18-10-8-16-30(35)28-23-32-31-22-27(26-12-4-2-5-13-26)20-21-36(31)43(39(32)33(38)24-28)29-14-6-3-7-15-29/h2-22,24,28,38,41H,23,25,40H2,1H3/t28-,38?/m0/s1. The molecule has 0 radical (unpaired) electrons. The molecule has 4 nitrogen and oxygen atoms in total. The lowest BCUT2D eigenvalue weighted by Gasteiger charge is -2.38. The van der Waals surface area contributed by atoms with E-state index in [0.29, 0.717) is 0 Å². The third-order valence-corrected chi connectivity index (χ3v) is 9.26. The summed E-state index contributed by atoms with van der Waals surface area (Å²) in [7, 11) is 2.18. The van der Waals surface area contributed by atoms with Gasteiger partial charge in [-0.1, -0.05) is 91.0 Å². The number of nitrogens with zero attached hydrogens (tertiary/aromatic N) is 2. The topological polar surface area (TPSA) is 46.2 Å². The molecular formula is C39H34N4. The summed E-state index contributed by atoms with van der Waals surface area (Å²) in [5, 5.41) is 5.16. The van der Waals surface area contributed by atoms with Gasteiger partial charge in [-0.2, -0.15) is 0 Å². The van der Waals surface area contributed by atoms with Crippen LogP contribution in [0, 0.1) is 0 Å². The molecular weight excluding hydrogens is 524 g/mol. The largest absolute Gasteiger partial charge is 0.397 e.